The number of nitrogens with one attached hydrogen (secondary N) is 2. The van der Waals surface area contributed by atoms with Crippen molar-refractivity contribution in [3.8, 4) is 5.75 Å². The van der Waals surface area contributed by atoms with Gasteiger partial charge < -0.3 is 24.7 Å². The molecule has 0 unspecified atom stereocenters. The number of guanidine groups is 1. The lowest BCUT2D eigenvalue weighted by Gasteiger charge is -2.14. The molecular formula is C22H34N6O2. The van der Waals surface area contributed by atoms with Gasteiger partial charge in [-0.15, -0.1) is 10.2 Å². The van der Waals surface area contributed by atoms with Gasteiger partial charge >= 0.3 is 0 Å². The van der Waals surface area contributed by atoms with Gasteiger partial charge in [-0.1, -0.05) is 18.2 Å². The number of hydrogen-bond donors (Lipinski definition) is 2. The number of aryl methyl sites for hydroxylation is 1. The Bertz CT molecular complexity index is 816. The van der Waals surface area contributed by atoms with E-state index >= 15 is 0 Å². The van der Waals surface area contributed by atoms with Gasteiger partial charge in [-0.05, 0) is 45.1 Å². The molecule has 0 amide bonds. The highest BCUT2D eigenvalue weighted by molar-refractivity contribution is 5.79. The van der Waals surface area contributed by atoms with Gasteiger partial charge in [0.15, 0.2) is 11.8 Å². The van der Waals surface area contributed by atoms with Crippen LogP contribution in [0.1, 0.15) is 43.4 Å². The normalized spacial score (nSPS) is 14.0. The van der Waals surface area contributed by atoms with Gasteiger partial charge in [-0.2, -0.15) is 0 Å². The Morgan fingerprint density at radius 1 is 1.23 bits per heavy atom. The van der Waals surface area contributed by atoms with Crippen LogP contribution in [0.15, 0.2) is 29.3 Å². The molecule has 1 aliphatic rings. The highest BCUT2D eigenvalue weighted by Gasteiger charge is 2.22. The van der Waals surface area contributed by atoms with E-state index in [1.54, 1.807) is 0 Å². The molecule has 8 nitrogen and oxygen atoms in total. The van der Waals surface area contributed by atoms with E-state index in [0.717, 1.165) is 67.6 Å². The molecule has 164 valence electrons. The first-order chi connectivity index (χ1) is 14.7. The van der Waals surface area contributed by atoms with E-state index in [1.807, 2.05) is 43.7 Å². The van der Waals surface area contributed by atoms with Crippen molar-refractivity contribution >= 4 is 5.96 Å². The zero-order valence-electron chi connectivity index (χ0n) is 18.4. The number of benzene rings is 1. The molecule has 1 heterocycles. The maximum Gasteiger partial charge on any atom is 0.191 e. The van der Waals surface area contributed by atoms with Crippen LogP contribution in [0, 0.1) is 12.8 Å². The number of hydrogen-bond acceptors (Lipinski definition) is 5. The molecule has 30 heavy (non-hydrogen) atoms. The van der Waals surface area contributed by atoms with Gasteiger partial charge in [-0.3, -0.25) is 0 Å². The number of aliphatic imine (C=N–C) groups is 1. The van der Waals surface area contributed by atoms with Gasteiger partial charge in [0.1, 0.15) is 11.6 Å². The van der Waals surface area contributed by atoms with Crippen LogP contribution in [-0.4, -0.2) is 47.1 Å². The summed E-state index contributed by atoms with van der Waals surface area (Å²) in [5, 5.41) is 15.1. The molecule has 0 saturated heterocycles. The molecule has 1 saturated carbocycles. The fourth-order valence-corrected chi connectivity index (χ4v) is 2.90. The molecule has 0 atom stereocenters. The topological polar surface area (TPSA) is 85.6 Å². The first kappa shape index (κ1) is 22.1. The largest absolute Gasteiger partial charge is 0.493 e. The minimum atomic E-state index is 0.541. The highest BCUT2D eigenvalue weighted by Crippen LogP contribution is 2.30. The van der Waals surface area contributed by atoms with Gasteiger partial charge in [0.05, 0.1) is 19.7 Å². The molecule has 1 aromatic heterocycles. The predicted molar refractivity (Wildman–Crippen MR) is 117 cm³/mol. The summed E-state index contributed by atoms with van der Waals surface area (Å²) in [6, 6.07) is 8.14. The lowest BCUT2D eigenvalue weighted by atomic mass is 10.2. The highest BCUT2D eigenvalue weighted by atomic mass is 16.5. The van der Waals surface area contributed by atoms with Crippen molar-refractivity contribution in [2.45, 2.75) is 46.2 Å². The third kappa shape index (κ3) is 7.02. The number of para-hydroxylation sites is 1. The fourth-order valence-electron chi connectivity index (χ4n) is 2.90. The molecule has 1 aliphatic carbocycles. The minimum Gasteiger partial charge on any atom is -0.493 e. The molecule has 0 bridgehead atoms. The maximum absolute atomic E-state index is 6.02. The molecule has 0 radical (unpaired) electrons. The van der Waals surface area contributed by atoms with Crippen LogP contribution in [0.3, 0.4) is 0 Å². The zero-order valence-corrected chi connectivity index (χ0v) is 18.4. The number of nitrogens with zero attached hydrogens (tertiary/aromatic N) is 4. The molecule has 1 fully saturated rings. The second-order valence-corrected chi connectivity index (χ2v) is 7.58. The Kier molecular flexibility index (Phi) is 8.50. The number of aromatic nitrogens is 3. The van der Waals surface area contributed by atoms with Crippen LogP contribution < -0.4 is 15.4 Å². The summed E-state index contributed by atoms with van der Waals surface area (Å²) in [4.78, 5) is 4.78. The molecule has 2 N–H and O–H groups in total. The molecule has 0 spiro atoms. The Morgan fingerprint density at radius 2 is 2.07 bits per heavy atom. The van der Waals surface area contributed by atoms with Crippen molar-refractivity contribution in [3.05, 3.63) is 41.5 Å². The van der Waals surface area contributed by atoms with Gasteiger partial charge in [0.25, 0.3) is 0 Å². The summed E-state index contributed by atoms with van der Waals surface area (Å²) in [5.41, 5.74) is 1.09. The van der Waals surface area contributed by atoms with Crippen molar-refractivity contribution in [2.24, 2.45) is 18.0 Å². The average Bonchev–Trinajstić information content (AvgIpc) is 3.54. The van der Waals surface area contributed by atoms with Crippen LogP contribution in [0.25, 0.3) is 0 Å². The number of rotatable bonds is 12. The van der Waals surface area contributed by atoms with Crippen molar-refractivity contribution in [1.29, 1.82) is 0 Å². The maximum atomic E-state index is 6.02. The van der Waals surface area contributed by atoms with E-state index < -0.39 is 0 Å². The Labute approximate surface area is 179 Å². The van der Waals surface area contributed by atoms with E-state index in [9.17, 15) is 0 Å². The molecular weight excluding hydrogens is 380 g/mol. The van der Waals surface area contributed by atoms with Gasteiger partial charge in [0.2, 0.25) is 0 Å². The van der Waals surface area contributed by atoms with Crippen LogP contribution in [0.5, 0.6) is 5.75 Å². The molecule has 2 aromatic rings. The summed E-state index contributed by atoms with van der Waals surface area (Å²) in [7, 11) is 1.96. The van der Waals surface area contributed by atoms with Crippen molar-refractivity contribution in [1.82, 2.24) is 25.4 Å². The van der Waals surface area contributed by atoms with Crippen molar-refractivity contribution in [2.75, 3.05) is 26.4 Å². The third-order valence-corrected chi connectivity index (χ3v) is 5.11. The lowest BCUT2D eigenvalue weighted by molar-refractivity contribution is 0.145. The zero-order chi connectivity index (χ0) is 21.2. The predicted octanol–water partition coefficient (Wildman–Crippen LogP) is 2.57. The second-order valence-electron chi connectivity index (χ2n) is 7.58. The van der Waals surface area contributed by atoms with Crippen LogP contribution in [-0.2, 0) is 24.9 Å². The monoisotopic (exact) mass is 414 g/mol. The van der Waals surface area contributed by atoms with E-state index in [4.69, 9.17) is 14.5 Å². The van der Waals surface area contributed by atoms with E-state index in [-0.39, 0.29) is 0 Å². The van der Waals surface area contributed by atoms with Gasteiger partial charge in [0, 0.05) is 32.4 Å². The summed E-state index contributed by atoms with van der Waals surface area (Å²) in [6.07, 6.45) is 3.47. The minimum absolute atomic E-state index is 0.541. The van der Waals surface area contributed by atoms with E-state index in [1.165, 1.54) is 12.8 Å². The first-order valence-corrected chi connectivity index (χ1v) is 10.8. The van der Waals surface area contributed by atoms with Crippen molar-refractivity contribution in [3.63, 3.8) is 0 Å². The Morgan fingerprint density at radius 3 is 2.80 bits per heavy atom. The van der Waals surface area contributed by atoms with Gasteiger partial charge in [-0.25, -0.2) is 4.99 Å². The SMILES string of the molecule is CCOCCCNC(=NCc1ccccc1OCC1CC1)NCc1nnc(C)n1C. The fraction of sp³-hybridized carbons (Fsp3) is 0.591. The number of ether oxygens (including phenoxy) is 2. The van der Waals surface area contributed by atoms with Crippen LogP contribution >= 0.6 is 0 Å². The summed E-state index contributed by atoms with van der Waals surface area (Å²) in [5.74, 6) is 4.14. The molecule has 3 rings (SSSR count). The smallest absolute Gasteiger partial charge is 0.191 e. The first-order valence-electron chi connectivity index (χ1n) is 10.8. The lowest BCUT2D eigenvalue weighted by Crippen LogP contribution is -2.38. The molecule has 0 aliphatic heterocycles. The summed E-state index contributed by atoms with van der Waals surface area (Å²) in [6.45, 7) is 8.09. The quantitative estimate of drug-likeness (QED) is 0.315. The standard InChI is InChI=1S/C22H34N6O2/c1-4-29-13-7-12-23-22(25-15-21-27-26-17(2)28(21)3)24-14-19-8-5-6-9-20(19)30-16-18-10-11-18/h5-6,8-9,18H,4,7,10-16H2,1-3H3,(H2,23,24,25). The summed E-state index contributed by atoms with van der Waals surface area (Å²) < 4.78 is 13.4. The Hall–Kier alpha value is -2.61. The van der Waals surface area contributed by atoms with Crippen LogP contribution in [0.2, 0.25) is 0 Å². The third-order valence-electron chi connectivity index (χ3n) is 5.11. The molecule has 8 heteroatoms. The van der Waals surface area contributed by atoms with E-state index in [2.05, 4.69) is 26.9 Å². The summed E-state index contributed by atoms with van der Waals surface area (Å²) >= 11 is 0. The molecule has 1 aromatic carbocycles. The van der Waals surface area contributed by atoms with Crippen molar-refractivity contribution < 1.29 is 9.47 Å². The van der Waals surface area contributed by atoms with Crippen LogP contribution in [0.4, 0.5) is 0 Å². The average molecular weight is 415 g/mol. The van der Waals surface area contributed by atoms with E-state index in [0.29, 0.717) is 13.1 Å². The Balaban J connectivity index is 1.60. The second kappa shape index (κ2) is 11.5.